The molecule has 0 spiro atoms. The maximum absolute atomic E-state index is 13.4. The van der Waals surface area contributed by atoms with Gasteiger partial charge in [0.25, 0.3) is 5.91 Å². The van der Waals surface area contributed by atoms with Gasteiger partial charge in [-0.3, -0.25) is 19.5 Å². The molecule has 1 aromatic heterocycles. The number of amides is 2. The van der Waals surface area contributed by atoms with Crippen LogP contribution in [-0.4, -0.2) is 52.8 Å². The molecule has 4 aromatic rings. The SMILES string of the molecule is COc1cccc(-n2cc(-c3ccc(Cl)cc3)nc2NC(=O)CN(C(=O)c2ccc3c(c2)OCO3)C2CC2)c1. The number of aromatic nitrogens is 2. The summed E-state index contributed by atoms with van der Waals surface area (Å²) in [7, 11) is 1.60. The number of fused-ring (bicyclic) bond motifs is 1. The average molecular weight is 545 g/mol. The Morgan fingerprint density at radius 2 is 1.87 bits per heavy atom. The molecule has 3 aromatic carbocycles. The summed E-state index contributed by atoms with van der Waals surface area (Å²) in [5.74, 6) is 1.53. The number of methoxy groups -OCH3 is 1. The first-order chi connectivity index (χ1) is 19.0. The van der Waals surface area contributed by atoms with Crippen molar-refractivity contribution < 1.29 is 23.8 Å². The number of carbonyl (C=O) groups is 2. The molecule has 1 saturated carbocycles. The number of hydrogen-bond acceptors (Lipinski definition) is 6. The largest absolute Gasteiger partial charge is 0.497 e. The molecule has 2 aliphatic rings. The first-order valence-corrected chi connectivity index (χ1v) is 12.9. The molecule has 0 atom stereocenters. The molecule has 198 valence electrons. The molecule has 2 amide bonds. The lowest BCUT2D eigenvalue weighted by Gasteiger charge is -2.22. The van der Waals surface area contributed by atoms with Gasteiger partial charge in [-0.25, -0.2) is 4.98 Å². The highest BCUT2D eigenvalue weighted by molar-refractivity contribution is 6.30. The Hall–Kier alpha value is -4.50. The minimum atomic E-state index is -0.353. The van der Waals surface area contributed by atoms with E-state index < -0.39 is 0 Å². The molecule has 0 saturated heterocycles. The topological polar surface area (TPSA) is 94.9 Å². The summed E-state index contributed by atoms with van der Waals surface area (Å²) in [5.41, 5.74) is 2.70. The minimum absolute atomic E-state index is 0.0106. The smallest absolute Gasteiger partial charge is 0.254 e. The Bertz CT molecular complexity index is 1550. The van der Waals surface area contributed by atoms with Crippen LogP contribution in [0.3, 0.4) is 0 Å². The van der Waals surface area contributed by atoms with Gasteiger partial charge in [0, 0.05) is 34.5 Å². The molecular weight excluding hydrogens is 520 g/mol. The number of nitrogens with zero attached hydrogens (tertiary/aromatic N) is 3. The molecular formula is C29H25ClN4O5. The zero-order chi connectivity index (χ0) is 26.9. The lowest BCUT2D eigenvalue weighted by Crippen LogP contribution is -2.39. The van der Waals surface area contributed by atoms with E-state index in [1.165, 1.54) is 0 Å². The number of nitrogens with one attached hydrogen (secondary N) is 1. The van der Waals surface area contributed by atoms with Gasteiger partial charge in [0.2, 0.25) is 18.6 Å². The first kappa shape index (κ1) is 24.8. The van der Waals surface area contributed by atoms with E-state index in [0.29, 0.717) is 39.5 Å². The molecule has 6 rings (SSSR count). The molecule has 1 aliphatic carbocycles. The predicted molar refractivity (Wildman–Crippen MR) is 146 cm³/mol. The molecule has 1 aliphatic heterocycles. The quantitative estimate of drug-likeness (QED) is 0.329. The van der Waals surface area contributed by atoms with Crippen LogP contribution in [0.15, 0.2) is 72.9 Å². The Kier molecular flexibility index (Phi) is 6.58. The van der Waals surface area contributed by atoms with Crippen LogP contribution < -0.4 is 19.5 Å². The van der Waals surface area contributed by atoms with Crippen LogP contribution >= 0.6 is 11.6 Å². The Labute approximate surface area is 229 Å². The van der Waals surface area contributed by atoms with Gasteiger partial charge in [0.1, 0.15) is 12.3 Å². The highest BCUT2D eigenvalue weighted by Gasteiger charge is 2.35. The number of carbonyl (C=O) groups excluding carboxylic acids is 2. The van der Waals surface area contributed by atoms with Gasteiger partial charge in [0.15, 0.2) is 11.5 Å². The summed E-state index contributed by atoms with van der Waals surface area (Å²) >= 11 is 6.07. The third kappa shape index (κ3) is 5.26. The van der Waals surface area contributed by atoms with Gasteiger partial charge in [-0.15, -0.1) is 0 Å². The fraction of sp³-hybridized carbons (Fsp3) is 0.207. The van der Waals surface area contributed by atoms with E-state index in [4.69, 9.17) is 30.8 Å². The second-order valence-electron chi connectivity index (χ2n) is 9.31. The summed E-state index contributed by atoms with van der Waals surface area (Å²) in [5, 5.41) is 3.53. The molecule has 1 N–H and O–H groups in total. The fourth-order valence-corrected chi connectivity index (χ4v) is 4.58. The van der Waals surface area contributed by atoms with Gasteiger partial charge in [-0.1, -0.05) is 29.8 Å². The Balaban J connectivity index is 1.27. The zero-order valence-electron chi connectivity index (χ0n) is 21.1. The van der Waals surface area contributed by atoms with Gasteiger partial charge < -0.3 is 19.1 Å². The number of hydrogen-bond donors (Lipinski definition) is 1. The predicted octanol–water partition coefficient (Wildman–Crippen LogP) is 5.17. The molecule has 10 heteroatoms. The van der Waals surface area contributed by atoms with Gasteiger partial charge >= 0.3 is 0 Å². The van der Waals surface area contributed by atoms with Crippen molar-refractivity contribution in [2.75, 3.05) is 25.8 Å². The van der Waals surface area contributed by atoms with Crippen LogP contribution in [0.2, 0.25) is 5.02 Å². The molecule has 0 unspecified atom stereocenters. The summed E-state index contributed by atoms with van der Waals surface area (Å²) in [4.78, 5) is 33.0. The third-order valence-corrected chi connectivity index (χ3v) is 6.86. The van der Waals surface area contributed by atoms with E-state index in [2.05, 4.69) is 5.32 Å². The maximum Gasteiger partial charge on any atom is 0.254 e. The van der Waals surface area contributed by atoms with Crippen molar-refractivity contribution in [3.63, 3.8) is 0 Å². The number of halogens is 1. The average Bonchev–Trinajstić information content (AvgIpc) is 3.54. The summed E-state index contributed by atoms with van der Waals surface area (Å²) in [6.45, 7) is 0.0128. The summed E-state index contributed by atoms with van der Waals surface area (Å²) in [6, 6.07) is 19.8. The monoisotopic (exact) mass is 544 g/mol. The standard InChI is InChI=1S/C29H25ClN4O5/c1-37-23-4-2-3-22(14-23)34-15-24(18-5-8-20(30)9-6-18)31-29(34)32-27(35)16-33(21-10-11-21)28(36)19-7-12-25-26(13-19)39-17-38-25/h2-9,12-15,21H,10-11,16-17H2,1H3,(H,31,32,35). The van der Waals surface area contributed by atoms with Crippen molar-refractivity contribution in [3.8, 4) is 34.2 Å². The molecule has 9 nitrogen and oxygen atoms in total. The summed E-state index contributed by atoms with van der Waals surface area (Å²) < 4.78 is 17.9. The number of imidazole rings is 1. The fourth-order valence-electron chi connectivity index (χ4n) is 4.45. The first-order valence-electron chi connectivity index (χ1n) is 12.5. The lowest BCUT2D eigenvalue weighted by molar-refractivity contribution is -0.117. The summed E-state index contributed by atoms with van der Waals surface area (Å²) in [6.07, 6.45) is 3.54. The van der Waals surface area contributed by atoms with Crippen LogP contribution in [-0.2, 0) is 4.79 Å². The molecule has 0 radical (unpaired) electrons. The molecule has 1 fully saturated rings. The maximum atomic E-state index is 13.4. The Morgan fingerprint density at radius 3 is 2.64 bits per heavy atom. The number of ether oxygens (including phenoxy) is 3. The van der Waals surface area contributed by atoms with E-state index >= 15 is 0 Å². The zero-order valence-corrected chi connectivity index (χ0v) is 21.9. The second kappa shape index (κ2) is 10.3. The van der Waals surface area contributed by atoms with E-state index in [1.807, 2.05) is 42.6 Å². The van der Waals surface area contributed by atoms with Crippen molar-refractivity contribution in [2.24, 2.45) is 0 Å². The van der Waals surface area contributed by atoms with Gasteiger partial charge in [-0.2, -0.15) is 0 Å². The Morgan fingerprint density at radius 1 is 1.08 bits per heavy atom. The third-order valence-electron chi connectivity index (χ3n) is 6.61. The second-order valence-corrected chi connectivity index (χ2v) is 9.75. The van der Waals surface area contributed by atoms with Crippen molar-refractivity contribution >= 4 is 29.4 Å². The minimum Gasteiger partial charge on any atom is -0.497 e. The van der Waals surface area contributed by atoms with Gasteiger partial charge in [-0.05, 0) is 55.3 Å². The van der Waals surface area contributed by atoms with Crippen molar-refractivity contribution in [1.82, 2.24) is 14.5 Å². The van der Waals surface area contributed by atoms with Crippen molar-refractivity contribution in [2.45, 2.75) is 18.9 Å². The van der Waals surface area contributed by atoms with E-state index in [-0.39, 0.29) is 31.2 Å². The van der Waals surface area contributed by atoms with Crippen LogP contribution in [0.25, 0.3) is 16.9 Å². The van der Waals surface area contributed by atoms with E-state index in [1.54, 1.807) is 46.9 Å². The van der Waals surface area contributed by atoms with Crippen LogP contribution in [0, 0.1) is 0 Å². The number of benzene rings is 3. The molecule has 0 bridgehead atoms. The van der Waals surface area contributed by atoms with E-state index in [9.17, 15) is 9.59 Å². The molecule has 2 heterocycles. The highest BCUT2D eigenvalue weighted by Crippen LogP contribution is 2.34. The molecule has 39 heavy (non-hydrogen) atoms. The van der Waals surface area contributed by atoms with Crippen molar-refractivity contribution in [3.05, 3.63) is 83.5 Å². The lowest BCUT2D eigenvalue weighted by atomic mass is 10.1. The van der Waals surface area contributed by atoms with Crippen molar-refractivity contribution in [1.29, 1.82) is 0 Å². The van der Waals surface area contributed by atoms with Crippen LogP contribution in [0.1, 0.15) is 23.2 Å². The number of anilines is 1. The highest BCUT2D eigenvalue weighted by atomic mass is 35.5. The van der Waals surface area contributed by atoms with Gasteiger partial charge in [0.05, 0.1) is 18.5 Å². The number of rotatable bonds is 8. The van der Waals surface area contributed by atoms with Crippen LogP contribution in [0.4, 0.5) is 5.95 Å². The van der Waals surface area contributed by atoms with E-state index in [0.717, 1.165) is 24.1 Å². The van der Waals surface area contributed by atoms with Crippen LogP contribution in [0.5, 0.6) is 17.2 Å². The normalized spacial score (nSPS) is 13.7.